The fourth-order valence-corrected chi connectivity index (χ4v) is 3.99. The smallest absolute Gasteiger partial charge is 0.142 e. The Morgan fingerprint density at radius 1 is 0.957 bits per heavy atom. The number of aromatic hydroxyl groups is 1. The Morgan fingerprint density at radius 2 is 1.48 bits per heavy atom. The first kappa shape index (κ1) is 18.8. The van der Waals surface area contributed by atoms with Crippen molar-refractivity contribution in [2.45, 2.75) is 76.7 Å². The molecule has 23 heavy (non-hydrogen) atoms. The highest BCUT2D eigenvalue weighted by molar-refractivity contribution is 9.10. The third kappa shape index (κ3) is 6.84. The maximum absolute atomic E-state index is 10.1. The van der Waals surface area contributed by atoms with Gasteiger partial charge in [-0.25, -0.2) is 0 Å². The van der Waals surface area contributed by atoms with Gasteiger partial charge in [0.25, 0.3) is 0 Å². The van der Waals surface area contributed by atoms with Crippen LogP contribution in [-0.2, 0) is 0 Å². The van der Waals surface area contributed by atoms with Gasteiger partial charge in [0.2, 0.25) is 0 Å². The number of rotatable bonds is 2. The van der Waals surface area contributed by atoms with Gasteiger partial charge in [-0.2, -0.15) is 0 Å². The molecular formula is C19H27BrClNO. The molecule has 128 valence electrons. The maximum Gasteiger partial charge on any atom is 0.142 e. The number of nitrogens with zero attached hydrogens (tertiary/aromatic N) is 1. The average Bonchev–Trinajstić information content (AvgIpc) is 2.51. The van der Waals surface area contributed by atoms with Gasteiger partial charge in [0, 0.05) is 22.3 Å². The standard InChI is InChI=1S/C19H27BrClNO/c20-16-12-15(19(23)18(21)13-16)14-22-17-10-8-6-4-2-1-3-5-7-9-11-17/h12-14,17,23H,1-11H2. The van der Waals surface area contributed by atoms with Crippen molar-refractivity contribution in [1.29, 1.82) is 0 Å². The zero-order chi connectivity index (χ0) is 16.5. The number of halogens is 2. The second kappa shape index (κ2) is 10.4. The Kier molecular flexibility index (Phi) is 8.46. The molecule has 2 nitrogen and oxygen atoms in total. The van der Waals surface area contributed by atoms with Gasteiger partial charge < -0.3 is 5.11 Å². The van der Waals surface area contributed by atoms with Crippen LogP contribution < -0.4 is 0 Å². The number of benzene rings is 1. The van der Waals surface area contributed by atoms with E-state index in [9.17, 15) is 5.11 Å². The minimum absolute atomic E-state index is 0.117. The highest BCUT2D eigenvalue weighted by atomic mass is 79.9. The van der Waals surface area contributed by atoms with Crippen LogP contribution in [0.25, 0.3) is 0 Å². The summed E-state index contributed by atoms with van der Waals surface area (Å²) < 4.78 is 0.862. The van der Waals surface area contributed by atoms with Gasteiger partial charge in [-0.05, 0) is 25.0 Å². The van der Waals surface area contributed by atoms with Crippen molar-refractivity contribution in [3.05, 3.63) is 27.2 Å². The van der Waals surface area contributed by atoms with Crippen molar-refractivity contribution >= 4 is 33.7 Å². The Bertz CT molecular complexity index is 506. The molecule has 4 heteroatoms. The van der Waals surface area contributed by atoms with Gasteiger partial charge in [0.1, 0.15) is 5.75 Å². The molecule has 1 saturated carbocycles. The van der Waals surface area contributed by atoms with Crippen LogP contribution in [0.1, 0.15) is 76.2 Å². The van der Waals surface area contributed by atoms with Crippen LogP contribution in [0.15, 0.2) is 21.6 Å². The lowest BCUT2D eigenvalue weighted by Gasteiger charge is -2.14. The summed E-state index contributed by atoms with van der Waals surface area (Å²) in [5.74, 6) is 0.117. The van der Waals surface area contributed by atoms with Crippen LogP contribution in [0.3, 0.4) is 0 Å². The topological polar surface area (TPSA) is 32.6 Å². The highest BCUT2D eigenvalue weighted by Crippen LogP contribution is 2.30. The molecular weight excluding hydrogens is 374 g/mol. The molecule has 0 unspecified atom stereocenters. The predicted octanol–water partition coefficient (Wildman–Crippen LogP) is 6.90. The van der Waals surface area contributed by atoms with Crippen molar-refractivity contribution in [3.63, 3.8) is 0 Å². The summed E-state index contributed by atoms with van der Waals surface area (Å²) >= 11 is 9.43. The Hall–Kier alpha value is -0.540. The Labute approximate surface area is 153 Å². The van der Waals surface area contributed by atoms with Crippen LogP contribution >= 0.6 is 27.5 Å². The summed E-state index contributed by atoms with van der Waals surface area (Å²) in [6, 6.07) is 3.93. The minimum atomic E-state index is 0.117. The minimum Gasteiger partial charge on any atom is -0.506 e. The summed E-state index contributed by atoms with van der Waals surface area (Å²) in [5, 5.41) is 10.4. The van der Waals surface area contributed by atoms with E-state index in [1.807, 2.05) is 6.07 Å². The van der Waals surface area contributed by atoms with Crippen molar-refractivity contribution < 1.29 is 5.11 Å². The fraction of sp³-hybridized carbons (Fsp3) is 0.632. The molecule has 0 spiro atoms. The van der Waals surface area contributed by atoms with Crippen LogP contribution in [0.5, 0.6) is 5.75 Å². The van der Waals surface area contributed by atoms with E-state index < -0.39 is 0 Å². The summed E-state index contributed by atoms with van der Waals surface area (Å²) in [6.45, 7) is 0. The van der Waals surface area contributed by atoms with E-state index in [0.717, 1.165) is 17.3 Å². The molecule has 1 aromatic rings. The molecule has 1 aliphatic carbocycles. The van der Waals surface area contributed by atoms with Crippen molar-refractivity contribution in [2.75, 3.05) is 0 Å². The van der Waals surface area contributed by atoms with Crippen LogP contribution in [0.2, 0.25) is 5.02 Å². The zero-order valence-corrected chi connectivity index (χ0v) is 16.1. The second-order valence-electron chi connectivity index (χ2n) is 6.52. The average molecular weight is 401 g/mol. The normalized spacial score (nSPS) is 19.4. The molecule has 0 saturated heterocycles. The molecule has 0 radical (unpaired) electrons. The summed E-state index contributed by atoms with van der Waals surface area (Å²) in [5.41, 5.74) is 0.690. The highest BCUT2D eigenvalue weighted by Gasteiger charge is 2.09. The van der Waals surface area contributed by atoms with Gasteiger partial charge in [-0.3, -0.25) is 4.99 Å². The number of phenolic OH excluding ortho intramolecular Hbond substituents is 1. The van der Waals surface area contributed by atoms with E-state index in [0.29, 0.717) is 16.6 Å². The third-order valence-corrected chi connectivity index (χ3v) is 5.30. The van der Waals surface area contributed by atoms with Gasteiger partial charge >= 0.3 is 0 Å². The van der Waals surface area contributed by atoms with E-state index in [1.165, 1.54) is 57.8 Å². The van der Waals surface area contributed by atoms with E-state index >= 15 is 0 Å². The number of aliphatic imine (C=N–C) groups is 1. The molecule has 0 atom stereocenters. The Balaban J connectivity index is 1.99. The molecule has 1 aliphatic rings. The van der Waals surface area contributed by atoms with E-state index in [2.05, 4.69) is 15.9 Å². The molecule has 1 N–H and O–H groups in total. The molecule has 0 aromatic heterocycles. The molecule has 0 bridgehead atoms. The largest absolute Gasteiger partial charge is 0.506 e. The lowest BCUT2D eigenvalue weighted by atomic mass is 9.98. The summed E-state index contributed by atoms with van der Waals surface area (Å²) in [7, 11) is 0. The SMILES string of the molecule is Oc1c(Cl)cc(Br)cc1C=NC1CCCCCCCCCCC1. The first-order valence-corrected chi connectivity index (χ1v) is 10.0. The molecule has 0 aliphatic heterocycles. The molecule has 0 amide bonds. The maximum atomic E-state index is 10.1. The summed E-state index contributed by atoms with van der Waals surface area (Å²) in [6.07, 6.45) is 16.2. The van der Waals surface area contributed by atoms with Crippen LogP contribution in [0, 0.1) is 0 Å². The summed E-state index contributed by atoms with van der Waals surface area (Å²) in [4.78, 5) is 4.76. The quantitative estimate of drug-likeness (QED) is 0.538. The lowest BCUT2D eigenvalue weighted by molar-refractivity contribution is 0.466. The van der Waals surface area contributed by atoms with Crippen molar-refractivity contribution in [3.8, 4) is 5.75 Å². The Morgan fingerprint density at radius 3 is 2.04 bits per heavy atom. The van der Waals surface area contributed by atoms with Crippen LogP contribution in [0.4, 0.5) is 0 Å². The van der Waals surface area contributed by atoms with Crippen LogP contribution in [-0.4, -0.2) is 17.4 Å². The molecule has 1 aromatic carbocycles. The van der Waals surface area contributed by atoms with Crippen molar-refractivity contribution in [1.82, 2.24) is 0 Å². The van der Waals surface area contributed by atoms with Crippen molar-refractivity contribution in [2.24, 2.45) is 4.99 Å². The lowest BCUT2D eigenvalue weighted by Crippen LogP contribution is -2.06. The molecule has 0 heterocycles. The van der Waals surface area contributed by atoms with E-state index in [-0.39, 0.29) is 5.75 Å². The predicted molar refractivity (Wildman–Crippen MR) is 103 cm³/mol. The third-order valence-electron chi connectivity index (χ3n) is 4.56. The second-order valence-corrected chi connectivity index (χ2v) is 7.84. The molecule has 1 fully saturated rings. The first-order chi connectivity index (χ1) is 11.2. The number of hydrogen-bond acceptors (Lipinski definition) is 2. The van der Waals surface area contributed by atoms with Gasteiger partial charge in [0.05, 0.1) is 5.02 Å². The monoisotopic (exact) mass is 399 g/mol. The fourth-order valence-electron chi connectivity index (χ4n) is 3.16. The van der Waals surface area contributed by atoms with Gasteiger partial charge in [0.15, 0.2) is 0 Å². The number of phenols is 1. The van der Waals surface area contributed by atoms with E-state index in [1.54, 1.807) is 12.3 Å². The van der Waals surface area contributed by atoms with E-state index in [4.69, 9.17) is 16.6 Å². The van der Waals surface area contributed by atoms with Gasteiger partial charge in [-0.15, -0.1) is 0 Å². The first-order valence-electron chi connectivity index (χ1n) is 8.88. The zero-order valence-electron chi connectivity index (χ0n) is 13.7. The van der Waals surface area contributed by atoms with Gasteiger partial charge in [-0.1, -0.05) is 85.3 Å². The molecule has 2 rings (SSSR count). The number of hydrogen-bond donors (Lipinski definition) is 1.